The van der Waals surface area contributed by atoms with Gasteiger partial charge in [-0.15, -0.1) is 11.8 Å². The van der Waals surface area contributed by atoms with E-state index in [1.165, 1.54) is 0 Å². The van der Waals surface area contributed by atoms with E-state index < -0.39 is 198 Å². The summed E-state index contributed by atoms with van der Waals surface area (Å²) in [6.07, 6.45) is 0.874. The fourth-order valence-corrected chi connectivity index (χ4v) is 13.8. The molecule has 6 aromatic rings. The number of primary amides is 2. The predicted octanol–water partition coefficient (Wildman–Crippen LogP) is -1.20. The van der Waals surface area contributed by atoms with Crippen LogP contribution in [0.2, 0.25) is 0 Å². The lowest BCUT2D eigenvalue weighted by molar-refractivity contribution is -0.137. The maximum atomic E-state index is 15.1. The number of unbranched alkanes of at least 4 members (excludes halogenated alkanes) is 1. The smallest absolute Gasteiger partial charge is 0.245 e. The molecule has 1 aliphatic rings. The van der Waals surface area contributed by atoms with Crippen molar-refractivity contribution in [2.75, 3.05) is 37.7 Å². The van der Waals surface area contributed by atoms with Gasteiger partial charge >= 0.3 is 0 Å². The molecule has 614 valence electrons. The van der Waals surface area contributed by atoms with Crippen LogP contribution in [-0.2, 0) is 86.4 Å². The Labute approximate surface area is 664 Å². The molecule has 12 atom stereocenters. The van der Waals surface area contributed by atoms with E-state index in [9.17, 15) is 57.8 Å². The average molecular weight is 1590 g/mol. The average Bonchev–Trinajstić information content (AvgIpc) is 1.31. The molecule has 1 saturated heterocycles. The van der Waals surface area contributed by atoms with Gasteiger partial charge in [0.25, 0.3) is 0 Å². The van der Waals surface area contributed by atoms with Gasteiger partial charge in [0, 0.05) is 48.7 Å². The molecule has 7 rings (SSSR count). The van der Waals surface area contributed by atoms with E-state index in [-0.39, 0.29) is 70.2 Å². The predicted molar refractivity (Wildman–Crippen MR) is 430 cm³/mol. The summed E-state index contributed by atoms with van der Waals surface area (Å²) in [5.41, 5.74) is 25.4. The molecule has 1 aliphatic heterocycles. The maximum Gasteiger partial charge on any atom is 0.245 e. The molecular formula is C79H107N19O15S. The summed E-state index contributed by atoms with van der Waals surface area (Å²) in [6, 6.07) is 15.7. The van der Waals surface area contributed by atoms with Crippen LogP contribution in [0.5, 0.6) is 0 Å². The molecule has 5 aromatic carbocycles. The first-order valence-corrected chi connectivity index (χ1v) is 39.2. The summed E-state index contributed by atoms with van der Waals surface area (Å²) < 4.78 is 0. The van der Waals surface area contributed by atoms with Crippen LogP contribution in [0.15, 0.2) is 115 Å². The Balaban J connectivity index is 1.27. The van der Waals surface area contributed by atoms with E-state index >= 15 is 14.4 Å². The molecule has 0 spiro atoms. The molecule has 35 heteroatoms. The first-order valence-electron chi connectivity index (χ1n) is 38.0. The number of nitrogens with two attached hydrogens (primary N) is 4. The van der Waals surface area contributed by atoms with E-state index in [1.807, 2.05) is 54.6 Å². The Morgan fingerprint density at radius 3 is 1.52 bits per heavy atom. The van der Waals surface area contributed by atoms with Gasteiger partial charge in [0.2, 0.25) is 82.7 Å². The third kappa shape index (κ3) is 27.0. The molecule has 2 heterocycles. The molecule has 0 unspecified atom stereocenters. The summed E-state index contributed by atoms with van der Waals surface area (Å²) in [5.74, 6) is -16.6. The minimum absolute atomic E-state index is 0.0122. The quantitative estimate of drug-likeness (QED) is 0.0216. The highest BCUT2D eigenvalue weighted by Gasteiger charge is 2.39. The molecular weight excluding hydrogens is 1490 g/mol. The summed E-state index contributed by atoms with van der Waals surface area (Å²) in [4.78, 5) is 204. The van der Waals surface area contributed by atoms with Crippen LogP contribution in [0.1, 0.15) is 103 Å². The Morgan fingerprint density at radius 1 is 0.509 bits per heavy atom. The van der Waals surface area contributed by atoms with Crippen molar-refractivity contribution in [3.05, 3.63) is 132 Å². The number of aliphatic hydroxyl groups excluding tert-OH is 1. The number of amides is 14. The molecule has 0 bridgehead atoms. The van der Waals surface area contributed by atoms with E-state index in [2.05, 4.69) is 74.1 Å². The number of benzene rings is 5. The zero-order valence-electron chi connectivity index (χ0n) is 64.7. The number of guanidine groups is 1. The summed E-state index contributed by atoms with van der Waals surface area (Å²) >= 11 is 0.866. The number of rotatable bonds is 22. The Hall–Kier alpha value is -11.7. The fraction of sp³-hybridized carbons (Fsp3) is 0.456. The highest BCUT2D eigenvalue weighted by atomic mass is 32.2. The molecule has 114 heavy (non-hydrogen) atoms. The van der Waals surface area contributed by atoms with Gasteiger partial charge in [-0.05, 0) is 101 Å². The number of para-hydroxylation sites is 1. The van der Waals surface area contributed by atoms with Crippen LogP contribution in [-0.4, -0.2) is 203 Å². The molecule has 0 radical (unpaired) electrons. The van der Waals surface area contributed by atoms with E-state index in [1.54, 1.807) is 102 Å². The first kappa shape index (κ1) is 89.5. The van der Waals surface area contributed by atoms with Gasteiger partial charge in [-0.25, -0.2) is 0 Å². The van der Waals surface area contributed by atoms with Crippen molar-refractivity contribution in [2.45, 2.75) is 172 Å². The fourth-order valence-electron chi connectivity index (χ4n) is 12.9. The molecule has 1 aromatic heterocycles. The van der Waals surface area contributed by atoms with E-state index in [0.29, 0.717) is 34.0 Å². The van der Waals surface area contributed by atoms with Crippen LogP contribution in [0.4, 0.5) is 0 Å². The minimum atomic E-state index is -1.86. The van der Waals surface area contributed by atoms with Crippen LogP contribution < -0.4 is 92.1 Å². The molecule has 34 nitrogen and oxygen atoms in total. The second kappa shape index (κ2) is 43.9. The number of carbonyl (C=O) groups is 14. The Kier molecular flexibility index (Phi) is 34.5. The van der Waals surface area contributed by atoms with Gasteiger partial charge < -0.3 is 102 Å². The van der Waals surface area contributed by atoms with Crippen molar-refractivity contribution in [3.8, 4) is 0 Å². The molecule has 0 saturated carbocycles. The van der Waals surface area contributed by atoms with Gasteiger partial charge in [0.05, 0.1) is 25.3 Å². The standard InChI is InChI=1S/C79H107N19O15S/c1-7-44(6)67-78(113)94-60(39-99)69(104)87-38-63(101)88-54(24-16-30-85-79(83)84)70(105)93-59(36-62(81)100)72(107)91-57(34-46-26-28-48-18-9-11-20-50(48)32-46)74(109)96-65(42(2)3)76(111)90-55(23-14-15-29-80)71(106)92-58(35-51-37-86-53-22-13-12-21-52(51)53)75(110)97-66(43(4)5)77(112)95-61(68(82)103)40-114-41-64(102)89-56(73(108)98-67)33-45-25-27-47-17-8-10-19-49(47)31-45/h8-13,17-22,25-28,31-32,37,42-44,54-61,65-67,86,99H,7,14-16,23-24,29-30,33-36,38-41,80H2,1-6H3,(H2,81,100)(H2,82,103)(H,87,104)(H,88,101)(H,89,102)(H,90,111)(H,91,107)(H,92,106)(H,93,105)(H,94,113)(H,95,112)(H,96,109)(H,97,110)(H,98,108)(H4,83,84,85)/t44-,54-,55-,56-,57-,58-,59-,60-,61-,65-,66-,67-/m0/s1. The number of nitrogens with one attached hydrogen (secondary N) is 15. The van der Waals surface area contributed by atoms with Crippen molar-refractivity contribution >= 4 is 133 Å². The zero-order valence-corrected chi connectivity index (χ0v) is 65.6. The van der Waals surface area contributed by atoms with Gasteiger partial charge in [0.15, 0.2) is 5.96 Å². The van der Waals surface area contributed by atoms with Crippen LogP contribution in [0.3, 0.4) is 0 Å². The number of aromatic amines is 1. The molecule has 14 amide bonds. The van der Waals surface area contributed by atoms with Gasteiger partial charge in [0.1, 0.15) is 66.5 Å². The monoisotopic (exact) mass is 1590 g/mol. The number of hydrogen-bond acceptors (Lipinski definition) is 18. The second-order valence-corrected chi connectivity index (χ2v) is 30.1. The summed E-state index contributed by atoms with van der Waals surface area (Å²) in [6.45, 7) is 8.07. The summed E-state index contributed by atoms with van der Waals surface area (Å²) in [5, 5.41) is 56.2. The lowest BCUT2D eigenvalue weighted by Crippen LogP contribution is -2.62. The Bertz CT molecular complexity index is 4440. The molecule has 1 fully saturated rings. The third-order valence-electron chi connectivity index (χ3n) is 19.5. The number of H-pyrrole nitrogens is 1. The number of aliphatic hydroxyl groups is 1. The zero-order chi connectivity index (χ0) is 83.3. The van der Waals surface area contributed by atoms with Gasteiger partial charge in [-0.3, -0.25) is 72.5 Å². The topological polar surface area (TPSA) is 559 Å². The van der Waals surface area contributed by atoms with Crippen molar-refractivity contribution in [1.29, 1.82) is 5.41 Å². The number of thioether (sulfide) groups is 1. The summed E-state index contributed by atoms with van der Waals surface area (Å²) in [7, 11) is 0. The number of aromatic nitrogens is 1. The van der Waals surface area contributed by atoms with Gasteiger partial charge in [-0.2, -0.15) is 0 Å². The number of hydrogen-bond donors (Lipinski definition) is 20. The Morgan fingerprint density at radius 2 is 0.974 bits per heavy atom. The number of fused-ring (bicyclic) bond motifs is 3. The number of carbonyl (C=O) groups excluding carboxylic acids is 14. The molecule has 24 N–H and O–H groups in total. The second-order valence-electron chi connectivity index (χ2n) is 29.0. The first-order chi connectivity index (χ1) is 54.4. The highest BCUT2D eigenvalue weighted by Crippen LogP contribution is 2.23. The highest BCUT2D eigenvalue weighted by molar-refractivity contribution is 8.00. The van der Waals surface area contributed by atoms with E-state index in [0.717, 1.165) is 33.3 Å². The van der Waals surface area contributed by atoms with Crippen molar-refractivity contribution in [1.82, 2.24) is 74.1 Å². The normalized spacial score (nSPS) is 22.9. The van der Waals surface area contributed by atoms with Crippen molar-refractivity contribution in [2.24, 2.45) is 40.7 Å². The molecule has 0 aliphatic carbocycles. The maximum absolute atomic E-state index is 15.1. The van der Waals surface area contributed by atoms with Crippen LogP contribution in [0, 0.1) is 23.2 Å². The van der Waals surface area contributed by atoms with Crippen molar-refractivity contribution in [3.63, 3.8) is 0 Å². The largest absolute Gasteiger partial charge is 0.394 e. The van der Waals surface area contributed by atoms with Crippen LogP contribution >= 0.6 is 11.8 Å². The SMILES string of the molecule is CC[C@H](C)[C@@H]1NC(=O)[C@H](Cc2ccc3ccccc3c2)NC(=O)CSC[C@@H](C(N)=O)NC(=O)[C@H](C(C)C)NC(=O)[C@H](Cc2c[nH]c3ccccc23)NC(=O)[C@H](CCCCN)NC(=O)[C@H](C(C)C)NC(=O)[C@H](Cc2ccc3ccccc3c2)NC(=O)[C@H](CC(N)=O)NC(=O)[C@H](CCCNC(=N)N)NC(=O)CNC(=O)[C@H](CO)NC1=O. The lowest BCUT2D eigenvalue weighted by Gasteiger charge is -2.29. The van der Waals surface area contributed by atoms with Crippen LogP contribution in [0.25, 0.3) is 32.4 Å². The minimum Gasteiger partial charge on any atom is -0.394 e. The lowest BCUT2D eigenvalue weighted by atomic mass is 9.96. The van der Waals surface area contributed by atoms with Crippen molar-refractivity contribution < 1.29 is 72.2 Å². The van der Waals surface area contributed by atoms with Gasteiger partial charge in [-0.1, -0.05) is 151 Å². The third-order valence-corrected chi connectivity index (χ3v) is 20.5. The van der Waals surface area contributed by atoms with E-state index in [4.69, 9.17) is 28.3 Å².